The molecule has 1 N–H and O–H groups in total. The average molecular weight is 302 g/mol. The van der Waals surface area contributed by atoms with Gasteiger partial charge >= 0.3 is 0 Å². The van der Waals surface area contributed by atoms with E-state index in [0.717, 1.165) is 16.9 Å². The molecule has 1 fully saturated rings. The molecule has 96 valence electrons. The Morgan fingerprint density at radius 3 is 3.00 bits per heavy atom. The zero-order chi connectivity index (χ0) is 12.3. The Morgan fingerprint density at radius 2 is 2.41 bits per heavy atom. The van der Waals surface area contributed by atoms with Crippen molar-refractivity contribution < 1.29 is 4.74 Å². The average Bonchev–Trinajstić information content (AvgIpc) is 3.08. The number of hydrogen-bond acceptors (Lipinski definition) is 3. The van der Waals surface area contributed by atoms with E-state index in [4.69, 9.17) is 4.74 Å². The highest BCUT2D eigenvalue weighted by Gasteiger charge is 2.28. The molecule has 0 bridgehead atoms. The van der Waals surface area contributed by atoms with Gasteiger partial charge in [-0.15, -0.1) is 0 Å². The number of nitrogens with one attached hydrogen (secondary N) is 1. The largest absolute Gasteiger partial charge is 0.383 e. The van der Waals surface area contributed by atoms with Crippen molar-refractivity contribution >= 4 is 15.9 Å². The number of rotatable bonds is 7. The zero-order valence-corrected chi connectivity index (χ0v) is 12.0. The van der Waals surface area contributed by atoms with E-state index in [1.807, 2.05) is 17.9 Å². The Kier molecular flexibility index (Phi) is 4.59. The zero-order valence-electron chi connectivity index (χ0n) is 10.4. The molecule has 0 aromatic carbocycles. The third kappa shape index (κ3) is 3.30. The minimum atomic E-state index is 0.385. The molecule has 2 rings (SSSR count). The molecular formula is C12H20BrN3O. The lowest BCUT2D eigenvalue weighted by Gasteiger charge is -2.18. The minimum absolute atomic E-state index is 0.385. The van der Waals surface area contributed by atoms with Gasteiger partial charge in [0.05, 0.1) is 35.6 Å². The van der Waals surface area contributed by atoms with Gasteiger partial charge in [-0.25, -0.2) is 0 Å². The summed E-state index contributed by atoms with van der Waals surface area (Å²) in [5.74, 6) is 0.894. The quantitative estimate of drug-likeness (QED) is 0.840. The lowest BCUT2D eigenvalue weighted by atomic mass is 10.1. The van der Waals surface area contributed by atoms with E-state index >= 15 is 0 Å². The molecule has 1 aliphatic carbocycles. The molecule has 0 spiro atoms. The lowest BCUT2D eigenvalue weighted by Crippen LogP contribution is -2.22. The Morgan fingerprint density at radius 1 is 1.65 bits per heavy atom. The third-order valence-corrected chi connectivity index (χ3v) is 3.90. The molecule has 1 heterocycles. The van der Waals surface area contributed by atoms with Crippen molar-refractivity contribution in [2.24, 2.45) is 5.92 Å². The number of aromatic nitrogens is 2. The monoisotopic (exact) mass is 301 g/mol. The molecule has 0 amide bonds. The number of ether oxygens (including phenoxy) is 1. The molecule has 1 saturated carbocycles. The van der Waals surface area contributed by atoms with Crippen molar-refractivity contribution in [2.45, 2.75) is 31.8 Å². The summed E-state index contributed by atoms with van der Waals surface area (Å²) in [5.41, 5.74) is 1.25. The molecule has 1 aromatic rings. The Balaban J connectivity index is 2.11. The first kappa shape index (κ1) is 13.1. The standard InChI is InChI=1S/C12H20BrN3O/c1-14-11(7-9-3-4-9)12-10(13)8-15-16(12)5-6-17-2/h8-9,11,14H,3-7H2,1-2H3. The van der Waals surface area contributed by atoms with Crippen molar-refractivity contribution in [1.29, 1.82) is 0 Å². The van der Waals surface area contributed by atoms with Crippen LogP contribution in [0.1, 0.15) is 31.0 Å². The maximum atomic E-state index is 5.12. The summed E-state index contributed by atoms with van der Waals surface area (Å²) in [6.07, 6.45) is 5.83. The van der Waals surface area contributed by atoms with Gasteiger partial charge in [-0.3, -0.25) is 4.68 Å². The van der Waals surface area contributed by atoms with E-state index < -0.39 is 0 Å². The van der Waals surface area contributed by atoms with Gasteiger partial charge in [0.2, 0.25) is 0 Å². The predicted octanol–water partition coefficient (Wildman–Crippen LogP) is 2.35. The Bertz CT molecular complexity index is 363. The normalized spacial score (nSPS) is 17.4. The van der Waals surface area contributed by atoms with Gasteiger partial charge in [-0.2, -0.15) is 5.10 Å². The van der Waals surface area contributed by atoms with Crippen LogP contribution in [-0.4, -0.2) is 30.5 Å². The van der Waals surface area contributed by atoms with E-state index in [9.17, 15) is 0 Å². The molecule has 0 aliphatic heterocycles. The number of nitrogens with zero attached hydrogens (tertiary/aromatic N) is 2. The summed E-state index contributed by atoms with van der Waals surface area (Å²) in [4.78, 5) is 0. The van der Waals surface area contributed by atoms with Crippen LogP contribution in [-0.2, 0) is 11.3 Å². The molecule has 1 atom stereocenters. The van der Waals surface area contributed by atoms with Crippen LogP contribution in [0.4, 0.5) is 0 Å². The van der Waals surface area contributed by atoms with Gasteiger partial charge in [0.1, 0.15) is 0 Å². The van der Waals surface area contributed by atoms with Crippen LogP contribution >= 0.6 is 15.9 Å². The van der Waals surface area contributed by atoms with E-state index in [-0.39, 0.29) is 0 Å². The smallest absolute Gasteiger partial charge is 0.0696 e. The van der Waals surface area contributed by atoms with Crippen molar-refractivity contribution in [3.05, 3.63) is 16.4 Å². The van der Waals surface area contributed by atoms with Crippen LogP contribution < -0.4 is 5.32 Å². The number of hydrogen-bond donors (Lipinski definition) is 1. The van der Waals surface area contributed by atoms with Gasteiger partial charge in [0, 0.05) is 7.11 Å². The van der Waals surface area contributed by atoms with Crippen molar-refractivity contribution in [1.82, 2.24) is 15.1 Å². The second kappa shape index (κ2) is 5.98. The molecular weight excluding hydrogens is 282 g/mol. The van der Waals surface area contributed by atoms with Crippen LogP contribution in [0.5, 0.6) is 0 Å². The molecule has 1 aromatic heterocycles. The fourth-order valence-electron chi connectivity index (χ4n) is 2.13. The van der Waals surface area contributed by atoms with E-state index in [1.165, 1.54) is 25.0 Å². The van der Waals surface area contributed by atoms with Crippen LogP contribution in [0.25, 0.3) is 0 Å². The first-order chi connectivity index (χ1) is 8.26. The number of methoxy groups -OCH3 is 1. The molecule has 0 saturated heterocycles. The maximum absolute atomic E-state index is 5.12. The van der Waals surface area contributed by atoms with E-state index in [2.05, 4.69) is 26.3 Å². The summed E-state index contributed by atoms with van der Waals surface area (Å²) in [6, 6.07) is 0.385. The predicted molar refractivity (Wildman–Crippen MR) is 70.9 cm³/mol. The van der Waals surface area contributed by atoms with Gasteiger partial charge in [0.15, 0.2) is 0 Å². The van der Waals surface area contributed by atoms with Crippen molar-refractivity contribution in [2.75, 3.05) is 20.8 Å². The number of halogens is 1. The second-order valence-corrected chi connectivity index (χ2v) is 5.47. The summed E-state index contributed by atoms with van der Waals surface area (Å²) in [5, 5.41) is 7.80. The molecule has 0 radical (unpaired) electrons. The van der Waals surface area contributed by atoms with Gasteiger partial charge in [0.25, 0.3) is 0 Å². The SMILES string of the molecule is CNC(CC1CC1)c1c(Br)cnn1CCOC. The van der Waals surface area contributed by atoms with Crippen LogP contribution in [0.2, 0.25) is 0 Å². The summed E-state index contributed by atoms with van der Waals surface area (Å²) in [7, 11) is 3.74. The highest BCUT2D eigenvalue weighted by molar-refractivity contribution is 9.10. The van der Waals surface area contributed by atoms with Crippen molar-refractivity contribution in [3.63, 3.8) is 0 Å². The summed E-state index contributed by atoms with van der Waals surface area (Å²) < 4.78 is 8.25. The van der Waals surface area contributed by atoms with Crippen molar-refractivity contribution in [3.8, 4) is 0 Å². The summed E-state index contributed by atoms with van der Waals surface area (Å²) >= 11 is 3.60. The molecule has 17 heavy (non-hydrogen) atoms. The fourth-order valence-corrected chi connectivity index (χ4v) is 2.70. The highest BCUT2D eigenvalue weighted by atomic mass is 79.9. The Hall–Kier alpha value is -0.390. The van der Waals surface area contributed by atoms with Gasteiger partial charge in [-0.1, -0.05) is 12.8 Å². The van der Waals surface area contributed by atoms with Crippen LogP contribution in [0.15, 0.2) is 10.7 Å². The third-order valence-electron chi connectivity index (χ3n) is 3.28. The topological polar surface area (TPSA) is 39.1 Å². The molecule has 1 aliphatic rings. The summed E-state index contributed by atoms with van der Waals surface area (Å²) in [6.45, 7) is 1.50. The van der Waals surface area contributed by atoms with Crippen LogP contribution in [0, 0.1) is 5.92 Å². The Labute approximate surface area is 111 Å². The molecule has 4 nitrogen and oxygen atoms in total. The van der Waals surface area contributed by atoms with Gasteiger partial charge in [-0.05, 0) is 35.3 Å². The maximum Gasteiger partial charge on any atom is 0.0696 e. The first-order valence-electron chi connectivity index (χ1n) is 6.13. The molecule has 1 unspecified atom stereocenters. The van der Waals surface area contributed by atoms with E-state index in [0.29, 0.717) is 12.6 Å². The second-order valence-electron chi connectivity index (χ2n) is 4.61. The van der Waals surface area contributed by atoms with E-state index in [1.54, 1.807) is 7.11 Å². The minimum Gasteiger partial charge on any atom is -0.383 e. The fraction of sp³-hybridized carbons (Fsp3) is 0.750. The highest BCUT2D eigenvalue weighted by Crippen LogP contribution is 2.38. The molecule has 5 heteroatoms. The van der Waals surface area contributed by atoms with Crippen LogP contribution in [0.3, 0.4) is 0 Å². The van der Waals surface area contributed by atoms with Gasteiger partial charge < -0.3 is 10.1 Å². The lowest BCUT2D eigenvalue weighted by molar-refractivity contribution is 0.181. The first-order valence-corrected chi connectivity index (χ1v) is 6.93.